The highest BCUT2D eigenvalue weighted by Crippen LogP contribution is 2.22. The highest BCUT2D eigenvalue weighted by atomic mass is 16.6. The molecule has 0 spiro atoms. The van der Waals surface area contributed by atoms with Crippen molar-refractivity contribution in [2.45, 2.75) is 19.0 Å². The van der Waals surface area contributed by atoms with E-state index in [4.69, 9.17) is 4.74 Å². The molecule has 0 bridgehead atoms. The van der Waals surface area contributed by atoms with Crippen molar-refractivity contribution in [3.63, 3.8) is 0 Å². The molecule has 0 aliphatic rings. The first kappa shape index (κ1) is 16.4. The number of aromatic amines is 1. The number of hydrogen-bond acceptors (Lipinski definition) is 7. The predicted molar refractivity (Wildman–Crippen MR) is 79.7 cm³/mol. The molecule has 0 aliphatic heterocycles. The Hall–Kier alpha value is -2.94. The third-order valence-electron chi connectivity index (χ3n) is 3.28. The largest absolute Gasteiger partial charge is 0.508 e. The maximum atomic E-state index is 11.8. The number of phenolic OH excluding ortho intramolecular Hbond substituents is 1. The molecule has 0 unspecified atom stereocenters. The average molecular weight is 320 g/mol. The molecule has 9 nitrogen and oxygen atoms in total. The van der Waals surface area contributed by atoms with Gasteiger partial charge in [-0.05, 0) is 6.07 Å². The summed E-state index contributed by atoms with van der Waals surface area (Å²) in [5, 5.41) is 23.5. The fourth-order valence-corrected chi connectivity index (χ4v) is 2.06. The van der Waals surface area contributed by atoms with Gasteiger partial charge in [-0.3, -0.25) is 20.2 Å². The maximum absolute atomic E-state index is 11.8. The summed E-state index contributed by atoms with van der Waals surface area (Å²) >= 11 is 0. The number of phenols is 1. The minimum atomic E-state index is -0.681. The number of methoxy groups -OCH3 is 1. The van der Waals surface area contributed by atoms with Gasteiger partial charge in [-0.1, -0.05) is 0 Å². The van der Waals surface area contributed by atoms with Crippen LogP contribution in [0.3, 0.4) is 0 Å². The van der Waals surface area contributed by atoms with Crippen molar-refractivity contribution in [3.8, 4) is 5.75 Å². The Balaban J connectivity index is 2.10. The van der Waals surface area contributed by atoms with Crippen LogP contribution in [0.15, 0.2) is 30.7 Å². The van der Waals surface area contributed by atoms with Crippen LogP contribution < -0.4 is 5.32 Å². The summed E-state index contributed by atoms with van der Waals surface area (Å²) in [6, 6.07) is 3.03. The number of carbonyl (C=O) groups is 1. The van der Waals surface area contributed by atoms with E-state index in [-0.39, 0.29) is 18.0 Å². The molecule has 0 fully saturated rings. The van der Waals surface area contributed by atoms with Gasteiger partial charge in [0.15, 0.2) is 0 Å². The summed E-state index contributed by atoms with van der Waals surface area (Å²) in [6.45, 7) is 0.0709. The van der Waals surface area contributed by atoms with Crippen LogP contribution in [-0.4, -0.2) is 39.1 Å². The van der Waals surface area contributed by atoms with Crippen LogP contribution in [0.2, 0.25) is 0 Å². The molecule has 1 heterocycles. The molecule has 122 valence electrons. The summed E-state index contributed by atoms with van der Waals surface area (Å²) < 4.78 is 4.74. The second-order valence-corrected chi connectivity index (χ2v) is 4.81. The van der Waals surface area contributed by atoms with Gasteiger partial charge in [-0.2, -0.15) is 0 Å². The molecule has 0 saturated carbocycles. The van der Waals surface area contributed by atoms with E-state index < -0.39 is 16.9 Å². The van der Waals surface area contributed by atoms with E-state index in [0.29, 0.717) is 12.0 Å². The Labute approximate surface area is 131 Å². The minimum absolute atomic E-state index is 0.0709. The first-order chi connectivity index (χ1) is 11.0. The molecule has 0 saturated heterocycles. The summed E-state index contributed by atoms with van der Waals surface area (Å²) in [7, 11) is 1.27. The fourth-order valence-electron chi connectivity index (χ4n) is 2.06. The van der Waals surface area contributed by atoms with Gasteiger partial charge in [0.2, 0.25) is 0 Å². The fraction of sp³-hybridized carbons (Fsp3) is 0.286. The smallest absolute Gasteiger partial charge is 0.323 e. The lowest BCUT2D eigenvalue weighted by Crippen LogP contribution is -2.39. The molecule has 3 N–H and O–H groups in total. The van der Waals surface area contributed by atoms with E-state index >= 15 is 0 Å². The Morgan fingerprint density at radius 2 is 2.35 bits per heavy atom. The van der Waals surface area contributed by atoms with Crippen molar-refractivity contribution in [3.05, 3.63) is 52.1 Å². The number of nitrogens with zero attached hydrogens (tertiary/aromatic N) is 2. The quantitative estimate of drug-likeness (QED) is 0.392. The lowest BCUT2D eigenvalue weighted by molar-refractivity contribution is -0.384. The zero-order valence-corrected chi connectivity index (χ0v) is 12.4. The number of nitro groups is 1. The Morgan fingerprint density at radius 3 is 2.96 bits per heavy atom. The second-order valence-electron chi connectivity index (χ2n) is 4.81. The van der Waals surface area contributed by atoms with Crippen LogP contribution in [0.25, 0.3) is 0 Å². The standard InChI is InChI=1S/C14H16N4O5/c1-23-14(20)12(5-10-7-15-8-17-10)16-6-9-4-11(18(21)22)2-3-13(9)19/h2-4,7-8,12,16,19H,5-6H2,1H3,(H,15,17)/t12-/m0/s1. The normalized spacial score (nSPS) is 11.9. The van der Waals surface area contributed by atoms with Crippen molar-refractivity contribution in [1.82, 2.24) is 15.3 Å². The van der Waals surface area contributed by atoms with Gasteiger partial charge >= 0.3 is 5.97 Å². The van der Waals surface area contributed by atoms with E-state index in [2.05, 4.69) is 15.3 Å². The molecular formula is C14H16N4O5. The number of esters is 1. The molecular weight excluding hydrogens is 304 g/mol. The zero-order chi connectivity index (χ0) is 16.8. The maximum Gasteiger partial charge on any atom is 0.323 e. The van der Waals surface area contributed by atoms with E-state index in [0.717, 1.165) is 5.69 Å². The Morgan fingerprint density at radius 1 is 1.57 bits per heavy atom. The Bertz CT molecular complexity index is 686. The third kappa shape index (κ3) is 4.27. The van der Waals surface area contributed by atoms with Crippen LogP contribution in [-0.2, 0) is 22.5 Å². The predicted octanol–water partition coefficient (Wildman–Crippen LogP) is 0.897. The Kier molecular flexibility index (Phi) is 5.26. The summed E-state index contributed by atoms with van der Waals surface area (Å²) in [4.78, 5) is 28.8. The van der Waals surface area contributed by atoms with E-state index in [9.17, 15) is 20.0 Å². The number of H-pyrrole nitrogens is 1. The van der Waals surface area contributed by atoms with Crippen molar-refractivity contribution in [2.24, 2.45) is 0 Å². The van der Waals surface area contributed by atoms with E-state index in [1.54, 1.807) is 6.20 Å². The van der Waals surface area contributed by atoms with Crippen molar-refractivity contribution in [1.29, 1.82) is 0 Å². The number of carbonyl (C=O) groups excluding carboxylic acids is 1. The molecule has 9 heteroatoms. The number of ether oxygens (including phenoxy) is 1. The highest BCUT2D eigenvalue weighted by Gasteiger charge is 2.21. The van der Waals surface area contributed by atoms with Crippen LogP contribution in [0.5, 0.6) is 5.75 Å². The first-order valence-electron chi connectivity index (χ1n) is 6.76. The van der Waals surface area contributed by atoms with Gasteiger partial charge in [-0.15, -0.1) is 0 Å². The minimum Gasteiger partial charge on any atom is -0.508 e. The number of non-ortho nitro benzene ring substituents is 1. The van der Waals surface area contributed by atoms with Gasteiger partial charge in [0.05, 0.1) is 18.4 Å². The van der Waals surface area contributed by atoms with Crippen LogP contribution >= 0.6 is 0 Å². The molecule has 0 aliphatic carbocycles. The molecule has 1 aromatic heterocycles. The molecule has 0 amide bonds. The number of hydrogen-bond donors (Lipinski definition) is 3. The lowest BCUT2D eigenvalue weighted by Gasteiger charge is -2.16. The number of nitro benzene ring substituents is 1. The molecule has 2 rings (SSSR count). The number of benzene rings is 1. The lowest BCUT2D eigenvalue weighted by atomic mass is 10.1. The monoisotopic (exact) mass is 320 g/mol. The number of aromatic nitrogens is 2. The number of nitrogens with one attached hydrogen (secondary N) is 2. The summed E-state index contributed by atoms with van der Waals surface area (Å²) in [5.74, 6) is -0.572. The number of aromatic hydroxyl groups is 1. The van der Waals surface area contributed by atoms with Gasteiger partial charge < -0.3 is 14.8 Å². The van der Waals surface area contributed by atoms with Gasteiger partial charge in [-0.25, -0.2) is 4.98 Å². The molecule has 0 radical (unpaired) electrons. The van der Waals surface area contributed by atoms with E-state index in [1.165, 1.54) is 31.6 Å². The van der Waals surface area contributed by atoms with Crippen LogP contribution in [0.4, 0.5) is 5.69 Å². The number of rotatable bonds is 7. The SMILES string of the molecule is COC(=O)[C@H](Cc1cnc[nH]1)NCc1cc([N+](=O)[O-])ccc1O. The van der Waals surface area contributed by atoms with Crippen molar-refractivity contribution < 1.29 is 19.6 Å². The third-order valence-corrected chi connectivity index (χ3v) is 3.28. The molecule has 23 heavy (non-hydrogen) atoms. The molecule has 1 atom stereocenters. The molecule has 2 aromatic rings. The second kappa shape index (κ2) is 7.36. The van der Waals surface area contributed by atoms with Gasteiger partial charge in [0.1, 0.15) is 11.8 Å². The zero-order valence-electron chi connectivity index (χ0n) is 12.4. The summed E-state index contributed by atoms with van der Waals surface area (Å²) in [6.07, 6.45) is 3.39. The molecule has 1 aromatic carbocycles. The van der Waals surface area contributed by atoms with Crippen molar-refractivity contribution in [2.75, 3.05) is 7.11 Å². The van der Waals surface area contributed by atoms with Gasteiger partial charge in [0.25, 0.3) is 5.69 Å². The van der Waals surface area contributed by atoms with Crippen molar-refractivity contribution >= 4 is 11.7 Å². The first-order valence-corrected chi connectivity index (χ1v) is 6.76. The van der Waals surface area contributed by atoms with Crippen LogP contribution in [0, 0.1) is 10.1 Å². The van der Waals surface area contributed by atoms with E-state index in [1.807, 2.05) is 0 Å². The highest BCUT2D eigenvalue weighted by molar-refractivity contribution is 5.76. The summed E-state index contributed by atoms with van der Waals surface area (Å²) in [5.41, 5.74) is 0.914. The number of imidazole rings is 1. The average Bonchev–Trinajstić information content (AvgIpc) is 3.04. The van der Waals surface area contributed by atoms with Gasteiger partial charge in [0, 0.05) is 42.6 Å². The topological polar surface area (TPSA) is 130 Å². The van der Waals surface area contributed by atoms with Crippen LogP contribution in [0.1, 0.15) is 11.3 Å².